The minimum absolute atomic E-state index is 0.274. The molecular weight excluding hydrogens is 229 g/mol. The third kappa shape index (κ3) is 3.13. The Labute approximate surface area is 108 Å². The van der Waals surface area contributed by atoms with E-state index in [2.05, 4.69) is 16.8 Å². The predicted octanol–water partition coefficient (Wildman–Crippen LogP) is 2.19. The summed E-state index contributed by atoms with van der Waals surface area (Å²) in [6.07, 6.45) is 2.45. The van der Waals surface area contributed by atoms with Gasteiger partial charge in [0.1, 0.15) is 5.82 Å². The maximum absolute atomic E-state index is 13.0. The van der Waals surface area contributed by atoms with Crippen molar-refractivity contribution in [1.82, 2.24) is 4.90 Å². The molecule has 4 heteroatoms. The fourth-order valence-corrected chi connectivity index (χ4v) is 2.60. The number of nitrogen functional groups attached to an aromatic ring is 1. The summed E-state index contributed by atoms with van der Waals surface area (Å²) in [7, 11) is 4.19. The average molecular weight is 251 g/mol. The van der Waals surface area contributed by atoms with Crippen LogP contribution in [0.25, 0.3) is 0 Å². The minimum Gasteiger partial charge on any atom is -0.397 e. The number of rotatable bonds is 3. The maximum Gasteiger partial charge on any atom is 0.125 e. The zero-order chi connectivity index (χ0) is 13.1. The number of hydrogen-bond donors (Lipinski definition) is 1. The minimum atomic E-state index is -0.274. The van der Waals surface area contributed by atoms with Crippen LogP contribution in [0.2, 0.25) is 0 Å². The van der Waals surface area contributed by atoms with Crippen molar-refractivity contribution in [3.05, 3.63) is 24.0 Å². The molecule has 1 fully saturated rings. The lowest BCUT2D eigenvalue weighted by atomic mass is 9.96. The van der Waals surface area contributed by atoms with E-state index < -0.39 is 0 Å². The smallest absolute Gasteiger partial charge is 0.125 e. The molecule has 0 radical (unpaired) electrons. The van der Waals surface area contributed by atoms with Gasteiger partial charge in [0, 0.05) is 13.6 Å². The highest BCUT2D eigenvalue weighted by Crippen LogP contribution is 2.25. The number of nitrogens with zero attached hydrogens (tertiary/aromatic N) is 2. The van der Waals surface area contributed by atoms with E-state index in [-0.39, 0.29) is 5.82 Å². The SMILES string of the molecule is CN1CCC(CN(C)c2ccc(F)cc2N)CC1. The Morgan fingerprint density at radius 1 is 1.39 bits per heavy atom. The van der Waals surface area contributed by atoms with E-state index in [1.807, 2.05) is 7.05 Å². The quantitative estimate of drug-likeness (QED) is 0.836. The molecule has 2 N–H and O–H groups in total. The van der Waals surface area contributed by atoms with Gasteiger partial charge in [0.05, 0.1) is 11.4 Å². The van der Waals surface area contributed by atoms with Gasteiger partial charge in [-0.1, -0.05) is 0 Å². The normalized spacial score (nSPS) is 17.9. The lowest BCUT2D eigenvalue weighted by Gasteiger charge is -2.32. The number of likely N-dealkylation sites (tertiary alicyclic amines) is 1. The number of halogens is 1. The molecule has 2 rings (SSSR count). The highest BCUT2D eigenvalue weighted by Gasteiger charge is 2.19. The zero-order valence-corrected chi connectivity index (χ0v) is 11.2. The molecular formula is C14H22FN3. The molecule has 3 nitrogen and oxygen atoms in total. The number of nitrogens with two attached hydrogens (primary N) is 1. The summed E-state index contributed by atoms with van der Waals surface area (Å²) in [4.78, 5) is 4.51. The van der Waals surface area contributed by atoms with Crippen LogP contribution in [0, 0.1) is 11.7 Å². The van der Waals surface area contributed by atoms with E-state index in [0.29, 0.717) is 11.6 Å². The third-order valence-electron chi connectivity index (χ3n) is 3.77. The Morgan fingerprint density at radius 3 is 2.67 bits per heavy atom. The first-order valence-electron chi connectivity index (χ1n) is 6.51. The highest BCUT2D eigenvalue weighted by atomic mass is 19.1. The third-order valence-corrected chi connectivity index (χ3v) is 3.77. The molecule has 1 aliphatic rings. The molecule has 0 aromatic heterocycles. The van der Waals surface area contributed by atoms with E-state index in [1.165, 1.54) is 25.0 Å². The first-order valence-corrected chi connectivity index (χ1v) is 6.51. The fraction of sp³-hybridized carbons (Fsp3) is 0.571. The Kier molecular flexibility index (Phi) is 4.07. The van der Waals surface area contributed by atoms with Crippen LogP contribution in [0.5, 0.6) is 0 Å². The van der Waals surface area contributed by atoms with E-state index in [4.69, 9.17) is 5.73 Å². The molecule has 0 amide bonds. The molecule has 0 atom stereocenters. The molecule has 0 spiro atoms. The molecule has 18 heavy (non-hydrogen) atoms. The maximum atomic E-state index is 13.0. The van der Waals surface area contributed by atoms with Crippen LogP contribution < -0.4 is 10.6 Å². The van der Waals surface area contributed by atoms with Gasteiger partial charge >= 0.3 is 0 Å². The number of hydrogen-bond acceptors (Lipinski definition) is 3. The topological polar surface area (TPSA) is 32.5 Å². The zero-order valence-electron chi connectivity index (χ0n) is 11.2. The summed E-state index contributed by atoms with van der Waals surface area (Å²) in [6.45, 7) is 3.32. The van der Waals surface area contributed by atoms with Crippen molar-refractivity contribution in [1.29, 1.82) is 0 Å². The van der Waals surface area contributed by atoms with Crippen LogP contribution in [0.4, 0.5) is 15.8 Å². The van der Waals surface area contributed by atoms with Gasteiger partial charge in [-0.15, -0.1) is 0 Å². The predicted molar refractivity (Wildman–Crippen MR) is 74.3 cm³/mol. The van der Waals surface area contributed by atoms with Crippen LogP contribution in [0.3, 0.4) is 0 Å². The van der Waals surface area contributed by atoms with Crippen LogP contribution >= 0.6 is 0 Å². The van der Waals surface area contributed by atoms with E-state index in [1.54, 1.807) is 6.07 Å². The summed E-state index contributed by atoms with van der Waals surface area (Å²) in [5.74, 6) is 0.430. The second-order valence-electron chi connectivity index (χ2n) is 5.33. The van der Waals surface area contributed by atoms with Crippen molar-refractivity contribution in [2.75, 3.05) is 44.4 Å². The van der Waals surface area contributed by atoms with Gasteiger partial charge in [-0.2, -0.15) is 0 Å². The molecule has 100 valence electrons. The molecule has 0 saturated carbocycles. The van der Waals surface area contributed by atoms with Crippen LogP contribution in [0.1, 0.15) is 12.8 Å². The molecule has 1 saturated heterocycles. The summed E-state index contributed by atoms with van der Waals surface area (Å²) in [6, 6.07) is 4.62. The van der Waals surface area contributed by atoms with Crippen molar-refractivity contribution < 1.29 is 4.39 Å². The largest absolute Gasteiger partial charge is 0.397 e. The summed E-state index contributed by atoms with van der Waals surface area (Å²) < 4.78 is 13.0. The average Bonchev–Trinajstić information content (AvgIpc) is 2.32. The monoisotopic (exact) mass is 251 g/mol. The molecule has 0 unspecified atom stereocenters. The molecule has 1 aromatic rings. The number of piperidine rings is 1. The lowest BCUT2D eigenvalue weighted by Crippen LogP contribution is -2.35. The van der Waals surface area contributed by atoms with Gasteiger partial charge in [0.2, 0.25) is 0 Å². The van der Waals surface area contributed by atoms with Gasteiger partial charge in [-0.3, -0.25) is 0 Å². The fourth-order valence-electron chi connectivity index (χ4n) is 2.60. The Hall–Kier alpha value is -1.29. The van der Waals surface area contributed by atoms with Gasteiger partial charge in [-0.05, 0) is 57.1 Å². The Bertz CT molecular complexity index is 400. The number of anilines is 2. The van der Waals surface area contributed by atoms with Crippen molar-refractivity contribution in [2.24, 2.45) is 5.92 Å². The lowest BCUT2D eigenvalue weighted by molar-refractivity contribution is 0.222. The van der Waals surface area contributed by atoms with Crippen LogP contribution in [-0.2, 0) is 0 Å². The second-order valence-corrected chi connectivity index (χ2v) is 5.33. The van der Waals surface area contributed by atoms with Crippen LogP contribution in [-0.4, -0.2) is 38.6 Å². The highest BCUT2D eigenvalue weighted by molar-refractivity contribution is 5.67. The second kappa shape index (κ2) is 5.57. The van der Waals surface area contributed by atoms with Crippen LogP contribution in [0.15, 0.2) is 18.2 Å². The van der Waals surface area contributed by atoms with Crippen molar-refractivity contribution in [3.8, 4) is 0 Å². The summed E-state index contributed by atoms with van der Waals surface area (Å²) in [5.41, 5.74) is 7.30. The van der Waals surface area contributed by atoms with Gasteiger partial charge < -0.3 is 15.5 Å². The van der Waals surface area contributed by atoms with E-state index in [9.17, 15) is 4.39 Å². The van der Waals surface area contributed by atoms with E-state index >= 15 is 0 Å². The summed E-state index contributed by atoms with van der Waals surface area (Å²) >= 11 is 0. The molecule has 0 bridgehead atoms. The van der Waals surface area contributed by atoms with E-state index in [0.717, 1.165) is 25.3 Å². The molecule has 1 aromatic carbocycles. The van der Waals surface area contributed by atoms with Crippen molar-refractivity contribution >= 4 is 11.4 Å². The van der Waals surface area contributed by atoms with Gasteiger partial charge in [0.25, 0.3) is 0 Å². The molecule has 1 aliphatic heterocycles. The molecule has 1 heterocycles. The Balaban J connectivity index is 1.97. The first kappa shape index (κ1) is 13.1. The van der Waals surface area contributed by atoms with Gasteiger partial charge in [0.15, 0.2) is 0 Å². The summed E-state index contributed by atoms with van der Waals surface area (Å²) in [5, 5.41) is 0. The first-order chi connectivity index (χ1) is 8.56. The molecule has 0 aliphatic carbocycles. The standard InChI is InChI=1S/C14H22FN3/c1-17-7-5-11(6-8-17)10-18(2)14-4-3-12(15)9-13(14)16/h3-4,9,11H,5-8,10,16H2,1-2H3. The van der Waals surface area contributed by atoms with Gasteiger partial charge in [-0.25, -0.2) is 4.39 Å². The number of benzene rings is 1. The van der Waals surface area contributed by atoms with Crippen molar-refractivity contribution in [3.63, 3.8) is 0 Å². The van der Waals surface area contributed by atoms with Crippen molar-refractivity contribution in [2.45, 2.75) is 12.8 Å². The Morgan fingerprint density at radius 2 is 2.06 bits per heavy atom.